The lowest BCUT2D eigenvalue weighted by Crippen LogP contribution is -2.39. The van der Waals surface area contributed by atoms with Gasteiger partial charge in [-0.05, 0) is 32.4 Å². The Kier molecular flexibility index (Phi) is 5.70. The molecule has 1 N–H and O–H groups in total. The molecule has 0 spiro atoms. The van der Waals surface area contributed by atoms with Gasteiger partial charge in [0.2, 0.25) is 5.91 Å². The topological polar surface area (TPSA) is 82.9 Å². The van der Waals surface area contributed by atoms with Crippen LogP contribution in [0.1, 0.15) is 60.3 Å². The molecule has 5 rings (SSSR count). The number of hydrogen-bond acceptors (Lipinski definition) is 5. The van der Waals surface area contributed by atoms with Crippen molar-refractivity contribution in [1.82, 2.24) is 24.4 Å². The van der Waals surface area contributed by atoms with E-state index in [0.717, 1.165) is 49.5 Å². The van der Waals surface area contributed by atoms with E-state index in [9.17, 15) is 9.59 Å². The summed E-state index contributed by atoms with van der Waals surface area (Å²) >= 11 is 0. The van der Waals surface area contributed by atoms with Gasteiger partial charge >= 0.3 is 0 Å². The summed E-state index contributed by atoms with van der Waals surface area (Å²) in [6, 6.07) is 8.49. The Labute approximate surface area is 193 Å². The Morgan fingerprint density at radius 3 is 2.88 bits per heavy atom. The van der Waals surface area contributed by atoms with E-state index in [0.29, 0.717) is 30.7 Å². The Hall–Kier alpha value is -3.13. The fourth-order valence-electron chi connectivity index (χ4n) is 5.22. The van der Waals surface area contributed by atoms with Crippen LogP contribution in [0, 0.1) is 6.92 Å². The van der Waals surface area contributed by atoms with Crippen LogP contribution in [0.4, 0.5) is 0 Å². The first-order valence-corrected chi connectivity index (χ1v) is 11.7. The molecule has 174 valence electrons. The summed E-state index contributed by atoms with van der Waals surface area (Å²) in [5.74, 6) is 0.893. The normalized spacial score (nSPS) is 19.0. The zero-order valence-electron chi connectivity index (χ0n) is 19.6. The third-order valence-corrected chi connectivity index (χ3v) is 7.01. The van der Waals surface area contributed by atoms with E-state index in [-0.39, 0.29) is 17.5 Å². The first kappa shape index (κ1) is 21.7. The average molecular weight is 450 g/mol. The second-order valence-electron chi connectivity index (χ2n) is 9.24. The SMILES string of the molecule is COc1ccc(C)cc1CN1CCCCC1c1cc2nc3c(c(=O)n2[nH]1)CN(C(C)=O)CC3. The number of hydrogen-bond donors (Lipinski definition) is 1. The molecule has 0 saturated carbocycles. The van der Waals surface area contributed by atoms with Crippen molar-refractivity contribution in [2.24, 2.45) is 0 Å². The maximum Gasteiger partial charge on any atom is 0.277 e. The van der Waals surface area contributed by atoms with Crippen molar-refractivity contribution in [1.29, 1.82) is 0 Å². The number of amides is 1. The van der Waals surface area contributed by atoms with Crippen molar-refractivity contribution < 1.29 is 9.53 Å². The Balaban J connectivity index is 1.49. The Morgan fingerprint density at radius 1 is 1.24 bits per heavy atom. The lowest BCUT2D eigenvalue weighted by atomic mass is 9.98. The molecule has 8 heteroatoms. The molecule has 8 nitrogen and oxygen atoms in total. The highest BCUT2D eigenvalue weighted by molar-refractivity contribution is 5.73. The highest BCUT2D eigenvalue weighted by Gasteiger charge is 2.28. The Morgan fingerprint density at radius 2 is 2.09 bits per heavy atom. The zero-order chi connectivity index (χ0) is 23.1. The summed E-state index contributed by atoms with van der Waals surface area (Å²) in [5.41, 5.74) is 5.39. The highest BCUT2D eigenvalue weighted by Crippen LogP contribution is 2.33. The zero-order valence-corrected chi connectivity index (χ0v) is 19.6. The first-order valence-electron chi connectivity index (χ1n) is 11.7. The molecule has 1 amide bonds. The van der Waals surface area contributed by atoms with Crippen LogP contribution in [0.2, 0.25) is 0 Å². The predicted molar refractivity (Wildman–Crippen MR) is 125 cm³/mol. The molecule has 0 radical (unpaired) electrons. The molecule has 0 bridgehead atoms. The van der Waals surface area contributed by atoms with Gasteiger partial charge in [0, 0.05) is 38.1 Å². The summed E-state index contributed by atoms with van der Waals surface area (Å²) < 4.78 is 7.16. The monoisotopic (exact) mass is 449 g/mol. The molecule has 1 aromatic carbocycles. The summed E-state index contributed by atoms with van der Waals surface area (Å²) in [6.07, 6.45) is 3.93. The van der Waals surface area contributed by atoms with E-state index in [4.69, 9.17) is 9.72 Å². The number of nitrogens with zero attached hydrogens (tertiary/aromatic N) is 4. The van der Waals surface area contributed by atoms with E-state index in [1.54, 1.807) is 23.4 Å². The van der Waals surface area contributed by atoms with Crippen LogP contribution >= 0.6 is 0 Å². The average Bonchev–Trinajstić information content (AvgIpc) is 3.24. The van der Waals surface area contributed by atoms with Gasteiger partial charge in [-0.2, -0.15) is 0 Å². The lowest BCUT2D eigenvalue weighted by Gasteiger charge is -2.35. The number of methoxy groups -OCH3 is 1. The van der Waals surface area contributed by atoms with Crippen LogP contribution in [-0.2, 0) is 24.3 Å². The van der Waals surface area contributed by atoms with Crippen molar-refractivity contribution in [2.45, 2.75) is 58.7 Å². The number of H-pyrrole nitrogens is 1. The molecule has 1 atom stereocenters. The standard InChI is InChI=1S/C25H31N5O3/c1-16-7-8-23(33-3)18(12-16)14-29-10-5-4-6-22(29)21-13-24-26-20-9-11-28(17(2)31)15-19(20)25(32)30(24)27-21/h7-8,12-13,22,27H,4-6,9-11,14-15H2,1-3H3. The van der Waals surface area contributed by atoms with E-state index in [2.05, 4.69) is 29.1 Å². The number of benzene rings is 1. The minimum atomic E-state index is -0.102. The van der Waals surface area contributed by atoms with E-state index in [1.165, 1.54) is 11.1 Å². The van der Waals surface area contributed by atoms with Crippen LogP contribution < -0.4 is 10.3 Å². The minimum Gasteiger partial charge on any atom is -0.496 e. The molecule has 2 aliphatic rings. The number of fused-ring (bicyclic) bond motifs is 2. The molecule has 33 heavy (non-hydrogen) atoms. The smallest absolute Gasteiger partial charge is 0.277 e. The van der Waals surface area contributed by atoms with Crippen molar-refractivity contribution in [3.63, 3.8) is 0 Å². The van der Waals surface area contributed by atoms with E-state index in [1.807, 2.05) is 12.1 Å². The minimum absolute atomic E-state index is 0.0123. The number of likely N-dealkylation sites (tertiary alicyclic amines) is 1. The summed E-state index contributed by atoms with van der Waals surface area (Å²) in [4.78, 5) is 34.0. The summed E-state index contributed by atoms with van der Waals surface area (Å²) in [7, 11) is 1.71. The van der Waals surface area contributed by atoms with Gasteiger partial charge in [-0.3, -0.25) is 19.6 Å². The van der Waals surface area contributed by atoms with Crippen LogP contribution in [0.3, 0.4) is 0 Å². The van der Waals surface area contributed by atoms with Gasteiger partial charge in [-0.15, -0.1) is 0 Å². The maximum atomic E-state index is 13.3. The molecule has 4 heterocycles. The predicted octanol–water partition coefficient (Wildman–Crippen LogP) is 2.97. The number of ether oxygens (including phenoxy) is 1. The second kappa shape index (κ2) is 8.67. The van der Waals surface area contributed by atoms with Crippen LogP contribution in [0.25, 0.3) is 5.65 Å². The fourth-order valence-corrected chi connectivity index (χ4v) is 5.22. The molecule has 2 aliphatic heterocycles. The van der Waals surface area contributed by atoms with Crippen molar-refractivity contribution >= 4 is 11.6 Å². The third kappa shape index (κ3) is 4.04. The van der Waals surface area contributed by atoms with Crippen molar-refractivity contribution in [2.75, 3.05) is 20.2 Å². The highest BCUT2D eigenvalue weighted by atomic mass is 16.5. The van der Waals surface area contributed by atoms with Crippen LogP contribution in [0.15, 0.2) is 29.1 Å². The summed E-state index contributed by atoms with van der Waals surface area (Å²) in [5, 5.41) is 3.35. The van der Waals surface area contributed by atoms with E-state index >= 15 is 0 Å². The van der Waals surface area contributed by atoms with Gasteiger partial charge in [0.15, 0.2) is 5.65 Å². The largest absolute Gasteiger partial charge is 0.496 e. The molecule has 3 aromatic rings. The molecule has 2 aromatic heterocycles. The number of carbonyl (C=O) groups is 1. The number of aromatic nitrogens is 3. The molecular weight excluding hydrogens is 418 g/mol. The quantitative estimate of drug-likeness (QED) is 0.662. The maximum absolute atomic E-state index is 13.3. The number of nitrogens with one attached hydrogen (secondary N) is 1. The van der Waals surface area contributed by atoms with Crippen LogP contribution in [-0.4, -0.2) is 50.5 Å². The number of aromatic amines is 1. The first-order chi connectivity index (χ1) is 15.9. The second-order valence-corrected chi connectivity index (χ2v) is 9.24. The molecule has 1 saturated heterocycles. The molecule has 1 unspecified atom stereocenters. The van der Waals surface area contributed by atoms with Gasteiger partial charge in [0.1, 0.15) is 5.75 Å². The molecular formula is C25H31N5O3. The van der Waals surface area contributed by atoms with Crippen LogP contribution in [0.5, 0.6) is 5.75 Å². The molecule has 1 fully saturated rings. The Bertz CT molecular complexity index is 1260. The van der Waals surface area contributed by atoms with Gasteiger partial charge in [-0.25, -0.2) is 9.50 Å². The van der Waals surface area contributed by atoms with Gasteiger partial charge in [-0.1, -0.05) is 24.1 Å². The lowest BCUT2D eigenvalue weighted by molar-refractivity contribution is -0.129. The third-order valence-electron chi connectivity index (χ3n) is 7.01. The van der Waals surface area contributed by atoms with Gasteiger partial charge in [0.25, 0.3) is 5.56 Å². The van der Waals surface area contributed by atoms with Crippen molar-refractivity contribution in [3.8, 4) is 5.75 Å². The number of piperidine rings is 1. The number of rotatable bonds is 4. The fraction of sp³-hybridized carbons (Fsp3) is 0.480. The van der Waals surface area contributed by atoms with Crippen molar-refractivity contribution in [3.05, 3.63) is 62.7 Å². The molecule has 0 aliphatic carbocycles. The number of aryl methyl sites for hydroxylation is 1. The van der Waals surface area contributed by atoms with E-state index < -0.39 is 0 Å². The van der Waals surface area contributed by atoms with Gasteiger partial charge < -0.3 is 9.64 Å². The number of carbonyl (C=O) groups excluding carboxylic acids is 1. The van der Waals surface area contributed by atoms with Gasteiger partial charge in [0.05, 0.1) is 36.6 Å². The summed E-state index contributed by atoms with van der Waals surface area (Å²) in [6.45, 7) is 6.36.